The van der Waals surface area contributed by atoms with Crippen LogP contribution < -0.4 is 10.6 Å². The summed E-state index contributed by atoms with van der Waals surface area (Å²) in [7, 11) is 2.02. The van der Waals surface area contributed by atoms with E-state index in [9.17, 15) is 4.79 Å². The van der Waals surface area contributed by atoms with Crippen LogP contribution in [0.25, 0.3) is 0 Å². The fraction of sp³-hybridized carbons (Fsp3) is 0.462. The van der Waals surface area contributed by atoms with Crippen molar-refractivity contribution in [2.24, 2.45) is 0 Å². The van der Waals surface area contributed by atoms with Gasteiger partial charge in [-0.1, -0.05) is 6.07 Å². The molecule has 0 saturated heterocycles. The highest BCUT2D eigenvalue weighted by Gasteiger charge is 2.04. The molecule has 1 aromatic rings. The zero-order valence-electron chi connectivity index (χ0n) is 10.8. The third kappa shape index (κ3) is 4.49. The van der Waals surface area contributed by atoms with Gasteiger partial charge in [0.25, 0.3) is 0 Å². The van der Waals surface area contributed by atoms with Crippen LogP contribution >= 0.6 is 11.8 Å². The topological polar surface area (TPSA) is 66.6 Å². The molecule has 0 atom stereocenters. The average molecular weight is 268 g/mol. The number of nitrogens with zero attached hydrogens (tertiary/aromatic N) is 1. The predicted molar refractivity (Wildman–Crippen MR) is 78.2 cm³/mol. The molecule has 0 radical (unpaired) electrons. The summed E-state index contributed by atoms with van der Waals surface area (Å²) in [4.78, 5) is 12.5. The SMILES string of the molecule is CCN(C)c1ccc(CSCCC(=O)O)c(N)c1. The van der Waals surface area contributed by atoms with Crippen LogP contribution in [-0.4, -0.2) is 30.4 Å². The van der Waals surface area contributed by atoms with Crippen LogP contribution in [0, 0.1) is 0 Å². The van der Waals surface area contributed by atoms with E-state index in [1.54, 1.807) is 11.8 Å². The molecule has 18 heavy (non-hydrogen) atoms. The van der Waals surface area contributed by atoms with Crippen molar-refractivity contribution in [1.29, 1.82) is 0 Å². The largest absolute Gasteiger partial charge is 0.481 e. The standard InChI is InChI=1S/C13H20N2O2S/c1-3-15(2)11-5-4-10(12(14)8-11)9-18-7-6-13(16)17/h4-5,8H,3,6-7,9,14H2,1-2H3,(H,16,17). The number of hydrogen-bond acceptors (Lipinski definition) is 4. The number of nitrogens with two attached hydrogens (primary N) is 1. The van der Waals surface area contributed by atoms with Crippen molar-refractivity contribution < 1.29 is 9.90 Å². The molecule has 0 aliphatic rings. The first-order valence-corrected chi connectivity index (χ1v) is 7.09. The van der Waals surface area contributed by atoms with E-state index >= 15 is 0 Å². The molecule has 0 unspecified atom stereocenters. The molecule has 0 amide bonds. The van der Waals surface area contributed by atoms with Gasteiger partial charge in [-0.2, -0.15) is 11.8 Å². The van der Waals surface area contributed by atoms with Gasteiger partial charge in [-0.05, 0) is 24.6 Å². The Kier molecular flexibility index (Phi) is 5.85. The average Bonchev–Trinajstić information content (AvgIpc) is 2.34. The highest BCUT2D eigenvalue weighted by Crippen LogP contribution is 2.24. The molecule has 100 valence electrons. The molecule has 1 aromatic carbocycles. The quantitative estimate of drug-likeness (QED) is 0.587. The highest BCUT2D eigenvalue weighted by molar-refractivity contribution is 7.98. The van der Waals surface area contributed by atoms with E-state index in [0.717, 1.165) is 29.2 Å². The van der Waals surface area contributed by atoms with E-state index in [1.165, 1.54) is 0 Å². The first-order chi connectivity index (χ1) is 8.54. The summed E-state index contributed by atoms with van der Waals surface area (Å²) in [5, 5.41) is 8.55. The molecule has 0 aromatic heterocycles. The number of anilines is 2. The molecule has 3 N–H and O–H groups in total. The summed E-state index contributed by atoms with van der Waals surface area (Å²) in [6.07, 6.45) is 0.196. The molecule has 0 aliphatic carbocycles. The molecule has 1 rings (SSSR count). The maximum atomic E-state index is 10.4. The second-order valence-corrected chi connectivity index (χ2v) is 5.20. The summed E-state index contributed by atoms with van der Waals surface area (Å²) in [6, 6.07) is 6.04. The molecule has 0 spiro atoms. The van der Waals surface area contributed by atoms with Gasteiger partial charge in [-0.15, -0.1) is 0 Å². The molecule has 4 nitrogen and oxygen atoms in total. The van der Waals surface area contributed by atoms with Crippen LogP contribution in [0.5, 0.6) is 0 Å². The minimum atomic E-state index is -0.754. The summed E-state index contributed by atoms with van der Waals surface area (Å²) in [5.74, 6) is 0.621. The lowest BCUT2D eigenvalue weighted by Crippen LogP contribution is -2.15. The Morgan fingerprint density at radius 2 is 2.22 bits per heavy atom. The smallest absolute Gasteiger partial charge is 0.304 e. The molecule has 0 saturated carbocycles. The first-order valence-electron chi connectivity index (χ1n) is 5.93. The number of benzene rings is 1. The van der Waals surface area contributed by atoms with Gasteiger partial charge in [0.2, 0.25) is 0 Å². The lowest BCUT2D eigenvalue weighted by Gasteiger charge is -2.18. The summed E-state index contributed by atoms with van der Waals surface area (Å²) in [6.45, 7) is 3.03. The Bertz CT molecular complexity index is 410. The Hall–Kier alpha value is -1.36. The third-order valence-corrected chi connectivity index (χ3v) is 3.77. The summed E-state index contributed by atoms with van der Waals surface area (Å²) in [5.41, 5.74) is 8.95. The number of carboxylic acids is 1. The zero-order valence-corrected chi connectivity index (χ0v) is 11.7. The Morgan fingerprint density at radius 3 is 2.78 bits per heavy atom. The van der Waals surface area contributed by atoms with E-state index in [-0.39, 0.29) is 6.42 Å². The Balaban J connectivity index is 2.54. The number of rotatable bonds is 7. The Labute approximate surface area is 112 Å². The number of thioether (sulfide) groups is 1. The monoisotopic (exact) mass is 268 g/mol. The van der Waals surface area contributed by atoms with Crippen molar-refractivity contribution in [3.63, 3.8) is 0 Å². The maximum absolute atomic E-state index is 10.4. The second kappa shape index (κ2) is 7.16. The minimum Gasteiger partial charge on any atom is -0.481 e. The van der Waals surface area contributed by atoms with E-state index in [1.807, 2.05) is 25.2 Å². The maximum Gasteiger partial charge on any atom is 0.304 e. The fourth-order valence-electron chi connectivity index (χ4n) is 1.48. The predicted octanol–water partition coefficient (Wildman–Crippen LogP) is 2.43. The number of nitrogen functional groups attached to an aromatic ring is 1. The van der Waals surface area contributed by atoms with Gasteiger partial charge < -0.3 is 15.7 Å². The van der Waals surface area contributed by atoms with E-state index in [2.05, 4.69) is 11.8 Å². The van der Waals surface area contributed by atoms with Crippen LogP contribution in [0.1, 0.15) is 18.9 Å². The molecule has 0 fully saturated rings. The van der Waals surface area contributed by atoms with E-state index < -0.39 is 5.97 Å². The van der Waals surface area contributed by atoms with Crippen molar-refractivity contribution in [3.8, 4) is 0 Å². The number of carbonyl (C=O) groups is 1. The fourth-order valence-corrected chi connectivity index (χ4v) is 2.42. The minimum absolute atomic E-state index is 0.196. The van der Waals surface area contributed by atoms with Gasteiger partial charge in [-0.25, -0.2) is 0 Å². The zero-order chi connectivity index (χ0) is 13.5. The first kappa shape index (κ1) is 14.7. The van der Waals surface area contributed by atoms with Crippen molar-refractivity contribution in [1.82, 2.24) is 0 Å². The molecule has 0 bridgehead atoms. The van der Waals surface area contributed by atoms with Gasteiger partial charge in [-0.3, -0.25) is 4.79 Å². The van der Waals surface area contributed by atoms with Crippen LogP contribution in [0.15, 0.2) is 18.2 Å². The van der Waals surface area contributed by atoms with Crippen LogP contribution in [0.3, 0.4) is 0 Å². The van der Waals surface area contributed by atoms with Crippen molar-refractivity contribution in [2.45, 2.75) is 19.1 Å². The molecule has 5 heteroatoms. The molecular formula is C13H20N2O2S. The van der Waals surface area contributed by atoms with Gasteiger partial charge >= 0.3 is 5.97 Å². The number of aliphatic carboxylic acids is 1. The van der Waals surface area contributed by atoms with Gasteiger partial charge in [0.15, 0.2) is 0 Å². The summed E-state index contributed by atoms with van der Waals surface area (Å²) < 4.78 is 0. The molecule has 0 aliphatic heterocycles. The highest BCUT2D eigenvalue weighted by atomic mass is 32.2. The van der Waals surface area contributed by atoms with Gasteiger partial charge in [0, 0.05) is 36.5 Å². The van der Waals surface area contributed by atoms with Crippen molar-refractivity contribution in [2.75, 3.05) is 30.0 Å². The second-order valence-electron chi connectivity index (χ2n) is 4.09. The molecular weight excluding hydrogens is 248 g/mol. The van der Waals surface area contributed by atoms with Gasteiger partial charge in [0.05, 0.1) is 6.42 Å². The van der Waals surface area contributed by atoms with Crippen LogP contribution in [0.4, 0.5) is 11.4 Å². The molecule has 0 heterocycles. The normalized spacial score (nSPS) is 10.3. The van der Waals surface area contributed by atoms with E-state index in [0.29, 0.717) is 5.75 Å². The van der Waals surface area contributed by atoms with Gasteiger partial charge in [0.1, 0.15) is 0 Å². The lowest BCUT2D eigenvalue weighted by molar-refractivity contribution is -0.136. The Morgan fingerprint density at radius 1 is 1.50 bits per heavy atom. The number of carboxylic acid groups (broad SMARTS) is 1. The van der Waals surface area contributed by atoms with Crippen LogP contribution in [-0.2, 0) is 10.5 Å². The van der Waals surface area contributed by atoms with Crippen LogP contribution in [0.2, 0.25) is 0 Å². The van der Waals surface area contributed by atoms with Crippen molar-refractivity contribution >= 4 is 29.1 Å². The number of hydrogen-bond donors (Lipinski definition) is 2. The third-order valence-electron chi connectivity index (χ3n) is 2.76. The van der Waals surface area contributed by atoms with Crippen molar-refractivity contribution in [3.05, 3.63) is 23.8 Å². The van der Waals surface area contributed by atoms with E-state index in [4.69, 9.17) is 10.8 Å². The lowest BCUT2D eigenvalue weighted by atomic mass is 10.2. The summed E-state index contributed by atoms with van der Waals surface area (Å²) >= 11 is 1.59.